The molecule has 0 atom stereocenters. The molecule has 0 amide bonds. The van der Waals surface area contributed by atoms with Gasteiger partial charge < -0.3 is 10.0 Å². The van der Waals surface area contributed by atoms with Crippen molar-refractivity contribution in [3.05, 3.63) is 22.3 Å². The molecular formula is C12H17BrN2O. The first-order chi connectivity index (χ1) is 7.70. The van der Waals surface area contributed by atoms with Gasteiger partial charge in [-0.2, -0.15) is 0 Å². The van der Waals surface area contributed by atoms with Crippen LogP contribution in [0, 0.1) is 12.8 Å². The predicted molar refractivity (Wildman–Crippen MR) is 68.7 cm³/mol. The van der Waals surface area contributed by atoms with Crippen LogP contribution in [0.4, 0.5) is 5.82 Å². The number of piperidine rings is 1. The first kappa shape index (κ1) is 11.9. The number of aryl methyl sites for hydroxylation is 1. The van der Waals surface area contributed by atoms with Crippen LogP contribution in [0.2, 0.25) is 0 Å². The standard InChI is InChI=1S/C12H17BrN2O/c1-9-6-11(13)12(14-7-9)15-4-2-10(8-16)3-5-15/h6-7,10,16H,2-5,8H2,1H3. The molecule has 1 saturated heterocycles. The molecule has 4 heteroatoms. The summed E-state index contributed by atoms with van der Waals surface area (Å²) in [6, 6.07) is 2.10. The number of aliphatic hydroxyl groups is 1. The van der Waals surface area contributed by atoms with Crippen LogP contribution in [0.3, 0.4) is 0 Å². The minimum absolute atomic E-state index is 0.316. The van der Waals surface area contributed by atoms with E-state index in [0.717, 1.165) is 36.2 Å². The van der Waals surface area contributed by atoms with Crippen LogP contribution in [-0.4, -0.2) is 29.8 Å². The van der Waals surface area contributed by atoms with Gasteiger partial charge in [0.1, 0.15) is 5.82 Å². The molecule has 0 unspecified atom stereocenters. The molecule has 2 heterocycles. The van der Waals surface area contributed by atoms with Crippen molar-refractivity contribution in [1.29, 1.82) is 0 Å². The second-order valence-corrected chi connectivity index (χ2v) is 5.29. The second-order valence-electron chi connectivity index (χ2n) is 4.43. The van der Waals surface area contributed by atoms with E-state index in [1.807, 2.05) is 13.1 Å². The van der Waals surface area contributed by atoms with E-state index >= 15 is 0 Å². The largest absolute Gasteiger partial charge is 0.396 e. The van der Waals surface area contributed by atoms with Crippen molar-refractivity contribution >= 4 is 21.7 Å². The quantitative estimate of drug-likeness (QED) is 0.906. The number of halogens is 1. The molecule has 1 fully saturated rings. The van der Waals surface area contributed by atoms with Gasteiger partial charge in [-0.05, 0) is 53.2 Å². The molecule has 1 aromatic heterocycles. The van der Waals surface area contributed by atoms with Gasteiger partial charge in [0.15, 0.2) is 0 Å². The van der Waals surface area contributed by atoms with Gasteiger partial charge in [0, 0.05) is 25.9 Å². The van der Waals surface area contributed by atoms with Crippen molar-refractivity contribution in [3.63, 3.8) is 0 Å². The third-order valence-electron chi connectivity index (χ3n) is 3.13. The Balaban J connectivity index is 2.08. The summed E-state index contributed by atoms with van der Waals surface area (Å²) in [4.78, 5) is 6.76. The van der Waals surface area contributed by atoms with Gasteiger partial charge in [-0.1, -0.05) is 0 Å². The monoisotopic (exact) mass is 284 g/mol. The lowest BCUT2D eigenvalue weighted by Gasteiger charge is -2.32. The smallest absolute Gasteiger partial charge is 0.142 e. The average Bonchev–Trinajstić information content (AvgIpc) is 2.29. The number of aromatic nitrogens is 1. The Morgan fingerprint density at radius 3 is 2.75 bits per heavy atom. The summed E-state index contributed by atoms with van der Waals surface area (Å²) in [5, 5.41) is 9.10. The van der Waals surface area contributed by atoms with Crippen molar-refractivity contribution in [2.45, 2.75) is 19.8 Å². The van der Waals surface area contributed by atoms with Crippen LogP contribution in [0.25, 0.3) is 0 Å². The molecule has 0 aromatic carbocycles. The molecule has 0 spiro atoms. The maximum atomic E-state index is 9.10. The van der Waals surface area contributed by atoms with Crippen LogP contribution >= 0.6 is 15.9 Å². The molecule has 16 heavy (non-hydrogen) atoms. The van der Waals surface area contributed by atoms with Crippen LogP contribution < -0.4 is 4.90 Å². The third-order valence-corrected chi connectivity index (χ3v) is 3.71. The topological polar surface area (TPSA) is 36.4 Å². The Bertz CT molecular complexity index is 362. The zero-order chi connectivity index (χ0) is 11.5. The van der Waals surface area contributed by atoms with Gasteiger partial charge in [0.25, 0.3) is 0 Å². The Labute approximate surface area is 105 Å². The Hall–Kier alpha value is -0.610. The highest BCUT2D eigenvalue weighted by Crippen LogP contribution is 2.28. The lowest BCUT2D eigenvalue weighted by Crippen LogP contribution is -2.35. The highest BCUT2D eigenvalue weighted by molar-refractivity contribution is 9.10. The van der Waals surface area contributed by atoms with Gasteiger partial charge in [-0.25, -0.2) is 4.98 Å². The lowest BCUT2D eigenvalue weighted by atomic mass is 9.98. The van der Waals surface area contributed by atoms with E-state index in [2.05, 4.69) is 31.9 Å². The normalized spacial score (nSPS) is 17.8. The minimum Gasteiger partial charge on any atom is -0.396 e. The van der Waals surface area contributed by atoms with Crippen molar-refractivity contribution in [1.82, 2.24) is 4.98 Å². The predicted octanol–water partition coefficient (Wildman–Crippen LogP) is 2.36. The Kier molecular flexibility index (Phi) is 3.82. The van der Waals surface area contributed by atoms with Crippen LogP contribution in [-0.2, 0) is 0 Å². The molecule has 3 nitrogen and oxygen atoms in total. The van der Waals surface area contributed by atoms with E-state index in [-0.39, 0.29) is 0 Å². The second kappa shape index (κ2) is 5.15. The summed E-state index contributed by atoms with van der Waals surface area (Å²) >= 11 is 3.56. The maximum Gasteiger partial charge on any atom is 0.142 e. The number of anilines is 1. The summed E-state index contributed by atoms with van der Waals surface area (Å²) in [5.74, 6) is 1.50. The highest BCUT2D eigenvalue weighted by Gasteiger charge is 2.20. The molecule has 88 valence electrons. The van der Waals surface area contributed by atoms with Gasteiger partial charge in [0.2, 0.25) is 0 Å². The van der Waals surface area contributed by atoms with E-state index in [4.69, 9.17) is 5.11 Å². The summed E-state index contributed by atoms with van der Waals surface area (Å²) < 4.78 is 1.06. The molecule has 0 saturated carbocycles. The molecule has 2 rings (SSSR count). The number of pyridine rings is 1. The van der Waals surface area contributed by atoms with E-state index in [1.165, 1.54) is 5.56 Å². The van der Waals surface area contributed by atoms with Gasteiger partial charge in [-0.3, -0.25) is 0 Å². The molecule has 1 N–H and O–H groups in total. The summed E-state index contributed by atoms with van der Waals surface area (Å²) in [6.07, 6.45) is 4.01. The average molecular weight is 285 g/mol. The van der Waals surface area contributed by atoms with Crippen molar-refractivity contribution in [3.8, 4) is 0 Å². The molecule has 1 aliphatic heterocycles. The number of nitrogens with zero attached hydrogens (tertiary/aromatic N) is 2. The molecule has 0 radical (unpaired) electrons. The number of hydrogen-bond donors (Lipinski definition) is 1. The number of hydrogen-bond acceptors (Lipinski definition) is 3. The van der Waals surface area contributed by atoms with E-state index in [9.17, 15) is 0 Å². The highest BCUT2D eigenvalue weighted by atomic mass is 79.9. The minimum atomic E-state index is 0.316. The summed E-state index contributed by atoms with van der Waals surface area (Å²) in [7, 11) is 0. The lowest BCUT2D eigenvalue weighted by molar-refractivity contribution is 0.202. The first-order valence-corrected chi connectivity index (χ1v) is 6.48. The molecule has 1 aliphatic rings. The molecule has 0 aliphatic carbocycles. The van der Waals surface area contributed by atoms with Crippen molar-refractivity contribution in [2.75, 3.05) is 24.6 Å². The third kappa shape index (κ3) is 2.55. The number of rotatable bonds is 2. The summed E-state index contributed by atoms with van der Waals surface area (Å²) in [6.45, 7) is 4.33. The van der Waals surface area contributed by atoms with E-state index in [1.54, 1.807) is 0 Å². The van der Waals surface area contributed by atoms with Crippen LogP contribution in [0.15, 0.2) is 16.7 Å². The van der Waals surface area contributed by atoms with Gasteiger partial charge >= 0.3 is 0 Å². The number of aliphatic hydroxyl groups excluding tert-OH is 1. The fourth-order valence-electron chi connectivity index (χ4n) is 2.09. The fraction of sp³-hybridized carbons (Fsp3) is 0.583. The zero-order valence-corrected chi connectivity index (χ0v) is 11.1. The summed E-state index contributed by atoms with van der Waals surface area (Å²) in [5.41, 5.74) is 1.17. The first-order valence-electron chi connectivity index (χ1n) is 5.68. The fourth-order valence-corrected chi connectivity index (χ4v) is 2.80. The van der Waals surface area contributed by atoms with E-state index in [0.29, 0.717) is 12.5 Å². The van der Waals surface area contributed by atoms with Crippen molar-refractivity contribution in [2.24, 2.45) is 5.92 Å². The van der Waals surface area contributed by atoms with Crippen molar-refractivity contribution < 1.29 is 5.11 Å². The molecule has 0 bridgehead atoms. The SMILES string of the molecule is Cc1cnc(N2CCC(CO)CC2)c(Br)c1. The Morgan fingerprint density at radius 2 is 2.19 bits per heavy atom. The van der Waals surface area contributed by atoms with Crippen LogP contribution in [0.5, 0.6) is 0 Å². The zero-order valence-electron chi connectivity index (χ0n) is 9.49. The molecule has 1 aromatic rings. The van der Waals surface area contributed by atoms with Gasteiger partial charge in [0.05, 0.1) is 4.47 Å². The van der Waals surface area contributed by atoms with Crippen LogP contribution in [0.1, 0.15) is 18.4 Å². The van der Waals surface area contributed by atoms with Gasteiger partial charge in [-0.15, -0.1) is 0 Å². The maximum absolute atomic E-state index is 9.10. The van der Waals surface area contributed by atoms with E-state index < -0.39 is 0 Å². The Morgan fingerprint density at radius 1 is 1.50 bits per heavy atom. The molecular weight excluding hydrogens is 268 g/mol.